The van der Waals surface area contributed by atoms with Gasteiger partial charge in [-0.15, -0.1) is 0 Å². The number of halogens is 2. The molecule has 0 aliphatic rings. The van der Waals surface area contributed by atoms with E-state index in [0.29, 0.717) is 12.5 Å². The molecule has 0 fully saturated rings. The maximum absolute atomic E-state index is 13.1. The van der Waals surface area contributed by atoms with Gasteiger partial charge in [-0.2, -0.15) is 0 Å². The van der Waals surface area contributed by atoms with E-state index in [1.54, 1.807) is 12.1 Å². The first-order valence-electron chi connectivity index (χ1n) is 7.60. The third kappa shape index (κ3) is 5.15. The summed E-state index contributed by atoms with van der Waals surface area (Å²) in [6.07, 6.45) is 0. The number of anilines is 1. The number of hydrogen-bond acceptors (Lipinski definition) is 1. The van der Waals surface area contributed by atoms with Gasteiger partial charge in [0.1, 0.15) is 11.9 Å². The summed E-state index contributed by atoms with van der Waals surface area (Å²) in [5.41, 5.74) is 1.78. The smallest absolute Gasteiger partial charge is 0.279 e. The quantitative estimate of drug-likeness (QED) is 0.792. The fourth-order valence-electron chi connectivity index (χ4n) is 2.48. The standard InChI is InChI=1S/C18H20BrFN2O/c1-12(2)18(13-7-9-14(20)10-8-13)21-11-17(23)22-16-6-4-3-5-15(16)19/h3-10,12,18,21H,11H2,1-2H3,(H,22,23)/p+1/t18-/m1/s1. The van der Waals surface area contributed by atoms with Crippen LogP contribution in [-0.4, -0.2) is 12.5 Å². The molecule has 0 aromatic heterocycles. The number of carbonyl (C=O) groups excluding carboxylic acids is 1. The van der Waals surface area contributed by atoms with E-state index in [1.807, 2.05) is 29.6 Å². The molecule has 0 aliphatic carbocycles. The molecule has 0 saturated heterocycles. The number of hydrogen-bond donors (Lipinski definition) is 2. The van der Waals surface area contributed by atoms with Crippen LogP contribution in [0.3, 0.4) is 0 Å². The lowest BCUT2D eigenvalue weighted by atomic mass is 9.96. The van der Waals surface area contributed by atoms with Crippen molar-refractivity contribution < 1.29 is 14.5 Å². The summed E-state index contributed by atoms with van der Waals surface area (Å²) in [4.78, 5) is 12.2. The Hall–Kier alpha value is -1.72. The van der Waals surface area contributed by atoms with Crippen LogP contribution in [0.1, 0.15) is 25.5 Å². The first kappa shape index (κ1) is 17.6. The zero-order valence-corrected chi connectivity index (χ0v) is 14.8. The van der Waals surface area contributed by atoms with Crippen molar-refractivity contribution in [3.63, 3.8) is 0 Å². The van der Waals surface area contributed by atoms with E-state index >= 15 is 0 Å². The van der Waals surface area contributed by atoms with E-state index < -0.39 is 0 Å². The Labute approximate surface area is 144 Å². The van der Waals surface area contributed by atoms with Crippen molar-refractivity contribution in [1.82, 2.24) is 0 Å². The second-order valence-corrected chi connectivity index (χ2v) is 6.64. The topological polar surface area (TPSA) is 45.7 Å². The number of carbonyl (C=O) groups is 1. The van der Waals surface area contributed by atoms with E-state index in [9.17, 15) is 9.18 Å². The Balaban J connectivity index is 1.97. The second-order valence-electron chi connectivity index (χ2n) is 5.79. The molecule has 0 aliphatic heterocycles. The molecule has 122 valence electrons. The van der Waals surface area contributed by atoms with Crippen molar-refractivity contribution in [3.8, 4) is 0 Å². The molecule has 1 amide bonds. The minimum absolute atomic E-state index is 0.0651. The lowest BCUT2D eigenvalue weighted by Gasteiger charge is -2.19. The van der Waals surface area contributed by atoms with Crippen LogP contribution in [0.2, 0.25) is 0 Å². The van der Waals surface area contributed by atoms with E-state index in [1.165, 1.54) is 12.1 Å². The summed E-state index contributed by atoms with van der Waals surface area (Å²) in [7, 11) is 0. The van der Waals surface area contributed by atoms with Crippen LogP contribution < -0.4 is 10.6 Å². The molecular formula is C18H21BrFN2O+. The van der Waals surface area contributed by atoms with Crippen LogP contribution in [-0.2, 0) is 4.79 Å². The molecule has 0 heterocycles. The summed E-state index contributed by atoms with van der Waals surface area (Å²) >= 11 is 3.41. The highest BCUT2D eigenvalue weighted by Crippen LogP contribution is 2.21. The van der Waals surface area contributed by atoms with Gasteiger partial charge in [-0.3, -0.25) is 4.79 Å². The Kier molecular flexibility index (Phi) is 6.30. The summed E-state index contributed by atoms with van der Waals surface area (Å²) < 4.78 is 13.9. The molecule has 2 aromatic rings. The molecule has 1 atom stereocenters. The fraction of sp³-hybridized carbons (Fsp3) is 0.278. The van der Waals surface area contributed by atoms with Crippen LogP contribution in [0.4, 0.5) is 10.1 Å². The average Bonchev–Trinajstić information content (AvgIpc) is 2.51. The van der Waals surface area contributed by atoms with E-state index in [2.05, 4.69) is 35.1 Å². The Morgan fingerprint density at radius 1 is 1.17 bits per heavy atom. The first-order chi connectivity index (χ1) is 11.0. The first-order valence-corrected chi connectivity index (χ1v) is 8.40. The van der Waals surface area contributed by atoms with Gasteiger partial charge in [0, 0.05) is 16.0 Å². The summed E-state index contributed by atoms with van der Waals surface area (Å²) in [6.45, 7) is 4.49. The predicted molar refractivity (Wildman–Crippen MR) is 93.5 cm³/mol. The fourth-order valence-corrected chi connectivity index (χ4v) is 2.86. The SMILES string of the molecule is CC(C)[C@@H]([NH2+]CC(=O)Nc1ccccc1Br)c1ccc(F)cc1. The molecule has 2 rings (SSSR count). The molecule has 0 spiro atoms. The molecule has 3 nitrogen and oxygen atoms in total. The molecule has 0 radical (unpaired) electrons. The largest absolute Gasteiger partial charge is 0.332 e. The van der Waals surface area contributed by atoms with E-state index in [4.69, 9.17) is 0 Å². The Morgan fingerprint density at radius 2 is 1.83 bits per heavy atom. The van der Waals surface area contributed by atoms with Crippen LogP contribution >= 0.6 is 15.9 Å². The second kappa shape index (κ2) is 8.22. The number of benzene rings is 2. The van der Waals surface area contributed by atoms with Crippen molar-refractivity contribution in [1.29, 1.82) is 0 Å². The van der Waals surface area contributed by atoms with Gasteiger partial charge in [0.2, 0.25) is 0 Å². The Morgan fingerprint density at radius 3 is 2.43 bits per heavy atom. The normalized spacial score (nSPS) is 12.2. The van der Waals surface area contributed by atoms with Crippen molar-refractivity contribution in [2.24, 2.45) is 5.92 Å². The molecule has 2 aromatic carbocycles. The molecule has 0 unspecified atom stereocenters. The average molecular weight is 380 g/mol. The number of amides is 1. The van der Waals surface area contributed by atoms with Crippen LogP contribution in [0.25, 0.3) is 0 Å². The summed E-state index contributed by atoms with van der Waals surface area (Å²) in [5.74, 6) is 0.0179. The lowest BCUT2D eigenvalue weighted by Crippen LogP contribution is -2.88. The van der Waals surface area contributed by atoms with Crippen LogP contribution in [0.5, 0.6) is 0 Å². The molecule has 0 saturated carbocycles. The van der Waals surface area contributed by atoms with Crippen molar-refractivity contribution in [2.45, 2.75) is 19.9 Å². The highest BCUT2D eigenvalue weighted by molar-refractivity contribution is 9.10. The molecule has 23 heavy (non-hydrogen) atoms. The molecule has 0 bridgehead atoms. The minimum atomic E-state index is -0.247. The van der Waals surface area contributed by atoms with Crippen LogP contribution in [0, 0.1) is 11.7 Å². The molecule has 5 heteroatoms. The third-order valence-corrected chi connectivity index (χ3v) is 4.37. The highest BCUT2D eigenvalue weighted by atomic mass is 79.9. The van der Waals surface area contributed by atoms with Crippen molar-refractivity contribution in [2.75, 3.05) is 11.9 Å². The summed E-state index contributed by atoms with van der Waals surface area (Å²) in [6, 6.07) is 14.1. The zero-order chi connectivity index (χ0) is 16.8. The highest BCUT2D eigenvalue weighted by Gasteiger charge is 2.20. The van der Waals surface area contributed by atoms with Gasteiger partial charge in [0.25, 0.3) is 5.91 Å². The van der Waals surface area contributed by atoms with Gasteiger partial charge < -0.3 is 10.6 Å². The van der Waals surface area contributed by atoms with Gasteiger partial charge in [-0.25, -0.2) is 4.39 Å². The Bertz CT molecular complexity index is 658. The van der Waals surface area contributed by atoms with Crippen molar-refractivity contribution >= 4 is 27.5 Å². The van der Waals surface area contributed by atoms with E-state index in [-0.39, 0.29) is 17.8 Å². The monoisotopic (exact) mass is 379 g/mol. The minimum Gasteiger partial charge on any atom is -0.332 e. The molecule has 3 N–H and O–H groups in total. The number of nitrogens with two attached hydrogens (primary N) is 1. The predicted octanol–water partition coefficient (Wildman–Crippen LogP) is 3.49. The number of rotatable bonds is 6. The van der Waals surface area contributed by atoms with Gasteiger partial charge >= 0.3 is 0 Å². The van der Waals surface area contributed by atoms with Gasteiger partial charge in [-0.05, 0) is 40.2 Å². The van der Waals surface area contributed by atoms with E-state index in [0.717, 1.165) is 15.7 Å². The van der Waals surface area contributed by atoms with Crippen LogP contribution in [0.15, 0.2) is 53.0 Å². The third-order valence-electron chi connectivity index (χ3n) is 3.68. The number of nitrogens with one attached hydrogen (secondary N) is 1. The lowest BCUT2D eigenvalue weighted by molar-refractivity contribution is -0.692. The maximum atomic E-state index is 13.1. The molecular weight excluding hydrogens is 359 g/mol. The van der Waals surface area contributed by atoms with Gasteiger partial charge in [0.05, 0.1) is 5.69 Å². The van der Waals surface area contributed by atoms with Crippen molar-refractivity contribution in [3.05, 3.63) is 64.4 Å². The maximum Gasteiger partial charge on any atom is 0.279 e. The number of quaternary nitrogens is 1. The van der Waals surface area contributed by atoms with Gasteiger partial charge in [0.15, 0.2) is 6.54 Å². The van der Waals surface area contributed by atoms with Gasteiger partial charge in [-0.1, -0.05) is 38.1 Å². The zero-order valence-electron chi connectivity index (χ0n) is 13.2. The summed E-state index contributed by atoms with van der Waals surface area (Å²) in [5, 5.41) is 4.88. The number of para-hydroxylation sites is 1.